The van der Waals surface area contributed by atoms with E-state index >= 15 is 0 Å². The molecule has 1 saturated heterocycles. The van der Waals surface area contributed by atoms with E-state index < -0.39 is 17.7 Å². The van der Waals surface area contributed by atoms with Gasteiger partial charge in [-0.05, 0) is 43.9 Å². The van der Waals surface area contributed by atoms with E-state index in [1.54, 1.807) is 11.1 Å². The Labute approximate surface area is 279 Å². The second-order valence-corrected chi connectivity index (χ2v) is 12.9. The summed E-state index contributed by atoms with van der Waals surface area (Å²) in [7, 11) is 1.83. The van der Waals surface area contributed by atoms with Crippen molar-refractivity contribution in [2.45, 2.75) is 50.4 Å². The van der Waals surface area contributed by atoms with Crippen molar-refractivity contribution < 1.29 is 18.3 Å². The average Bonchev–Trinajstić information content (AvgIpc) is 3.45. The first-order valence-corrected chi connectivity index (χ1v) is 16.4. The monoisotopic (exact) mass is 662 g/mol. The van der Waals surface area contributed by atoms with Gasteiger partial charge in [0.2, 0.25) is 5.91 Å². The highest BCUT2D eigenvalue weighted by atomic mass is 19.1. The Hall–Kier alpha value is -5.66. The van der Waals surface area contributed by atoms with Crippen LogP contribution in [0.5, 0.6) is 5.75 Å². The molecular weight excluding hydrogens is 630 g/mol. The smallest absolute Gasteiger partial charge is 0.245 e. The number of likely N-dealkylation sites (N-methyl/N-ethyl adjacent to an activating group) is 1. The number of carbonyl (C=O) groups excluding carboxylic acids is 1. The maximum Gasteiger partial charge on any atom is 0.245 e. The van der Waals surface area contributed by atoms with Crippen molar-refractivity contribution in [2.24, 2.45) is 0 Å². The normalized spacial score (nSPS) is 19.6. The number of hydrogen-bond acceptors (Lipinski definition) is 9. The van der Waals surface area contributed by atoms with Crippen molar-refractivity contribution in [3.8, 4) is 22.7 Å². The number of aromatic nitrogens is 7. The Morgan fingerprint density at radius 1 is 1.02 bits per heavy atom. The Kier molecular flexibility index (Phi) is 6.91. The van der Waals surface area contributed by atoms with Crippen LogP contribution < -0.4 is 15.0 Å². The minimum absolute atomic E-state index is 0.0430. The maximum absolute atomic E-state index is 14.8. The molecule has 2 aromatic carbocycles. The van der Waals surface area contributed by atoms with Crippen molar-refractivity contribution in [2.75, 3.05) is 30.4 Å². The number of pyridine rings is 1. The molecule has 14 heteroatoms. The van der Waals surface area contributed by atoms with Crippen molar-refractivity contribution >= 4 is 39.6 Å². The second kappa shape index (κ2) is 11.5. The number of benzene rings is 2. The summed E-state index contributed by atoms with van der Waals surface area (Å²) in [5.74, 6) is 0.391. The highest BCUT2D eigenvalue weighted by molar-refractivity contribution is 5.93. The van der Waals surface area contributed by atoms with Gasteiger partial charge in [0.1, 0.15) is 41.3 Å². The van der Waals surface area contributed by atoms with E-state index in [1.807, 2.05) is 42.5 Å². The van der Waals surface area contributed by atoms with E-state index in [4.69, 9.17) is 9.72 Å². The van der Waals surface area contributed by atoms with Gasteiger partial charge in [-0.2, -0.15) is 5.10 Å². The van der Waals surface area contributed by atoms with Crippen LogP contribution in [0.25, 0.3) is 39.0 Å². The lowest BCUT2D eigenvalue weighted by atomic mass is 10.1. The summed E-state index contributed by atoms with van der Waals surface area (Å²) in [4.78, 5) is 36.7. The minimum Gasteiger partial charge on any atom is -0.490 e. The van der Waals surface area contributed by atoms with Gasteiger partial charge in [0.25, 0.3) is 0 Å². The van der Waals surface area contributed by atoms with Gasteiger partial charge in [0.05, 0.1) is 40.7 Å². The first-order valence-electron chi connectivity index (χ1n) is 16.4. The molecule has 248 valence electrons. The molecule has 2 atom stereocenters. The molecule has 3 aliphatic rings. The summed E-state index contributed by atoms with van der Waals surface area (Å²) < 4.78 is 38.3. The van der Waals surface area contributed by atoms with Gasteiger partial charge in [-0.3, -0.25) is 4.79 Å². The van der Waals surface area contributed by atoms with Crippen LogP contribution in [-0.2, 0) is 11.3 Å². The Morgan fingerprint density at radius 2 is 1.92 bits per heavy atom. The molecule has 6 aromatic rings. The van der Waals surface area contributed by atoms with Crippen molar-refractivity contribution in [3.05, 3.63) is 79.0 Å². The molecule has 1 amide bonds. The van der Waals surface area contributed by atoms with Gasteiger partial charge < -0.3 is 24.4 Å². The molecule has 1 aliphatic carbocycles. The highest BCUT2D eigenvalue weighted by Crippen LogP contribution is 2.36. The van der Waals surface area contributed by atoms with Gasteiger partial charge >= 0.3 is 0 Å². The summed E-state index contributed by atoms with van der Waals surface area (Å²) in [5, 5.41) is 8.56. The molecule has 4 aromatic heterocycles. The van der Waals surface area contributed by atoms with Gasteiger partial charge in [-0.25, -0.2) is 33.4 Å². The number of aryl methyl sites for hydroxylation is 1. The zero-order valence-electron chi connectivity index (χ0n) is 26.6. The quantitative estimate of drug-likeness (QED) is 0.279. The first-order chi connectivity index (χ1) is 23.9. The Morgan fingerprint density at radius 3 is 2.78 bits per heavy atom. The zero-order chi connectivity index (χ0) is 33.2. The number of hydrogen-bond donors (Lipinski definition) is 1. The summed E-state index contributed by atoms with van der Waals surface area (Å²) in [5.41, 5.74) is 4.02. The molecule has 0 spiro atoms. The van der Waals surface area contributed by atoms with Crippen molar-refractivity contribution in [1.29, 1.82) is 0 Å². The predicted octanol–water partition coefficient (Wildman–Crippen LogP) is 4.97. The molecule has 0 radical (unpaired) electrons. The van der Waals surface area contributed by atoms with Gasteiger partial charge in [0.15, 0.2) is 11.5 Å². The van der Waals surface area contributed by atoms with Crippen molar-refractivity contribution in [3.63, 3.8) is 0 Å². The van der Waals surface area contributed by atoms with Crippen molar-refractivity contribution in [1.82, 2.24) is 39.2 Å². The lowest BCUT2D eigenvalue weighted by Gasteiger charge is -2.29. The Balaban J connectivity index is 1.13. The van der Waals surface area contributed by atoms with Gasteiger partial charge in [0, 0.05) is 56.5 Å². The van der Waals surface area contributed by atoms with Crippen LogP contribution in [0.1, 0.15) is 25.7 Å². The highest BCUT2D eigenvalue weighted by Gasteiger charge is 2.40. The number of amides is 1. The second-order valence-electron chi connectivity index (χ2n) is 12.9. The molecule has 6 heterocycles. The molecular formula is C35H32F2N10O2. The number of halogens is 2. The molecule has 4 bridgehead atoms. The summed E-state index contributed by atoms with van der Waals surface area (Å²) in [6.07, 6.45) is 8.23. The van der Waals surface area contributed by atoms with Gasteiger partial charge in [-0.15, -0.1) is 0 Å². The number of ether oxygens (including phenoxy) is 1. The summed E-state index contributed by atoms with van der Waals surface area (Å²) in [6, 6.07) is 12.5. The van der Waals surface area contributed by atoms with Crippen LogP contribution >= 0.6 is 0 Å². The van der Waals surface area contributed by atoms with Crippen LogP contribution in [0, 0.1) is 11.6 Å². The number of carbonyl (C=O) groups is 1. The topological polar surface area (TPSA) is 119 Å². The molecule has 12 nitrogen and oxygen atoms in total. The van der Waals surface area contributed by atoms with E-state index in [0.29, 0.717) is 55.1 Å². The third-order valence-electron chi connectivity index (χ3n) is 9.50. The third kappa shape index (κ3) is 5.27. The standard InChI is InChI=1S/C35H32F2N10O2/c1-44-10-3-11-45-19-40-27-5-2-4-24(32(27)45)28-14-23(49-22-7-8-22)15-31(43-28)42-21-13-30(35(44)48)46(17-21)33-25-16-41-47(34(25)39-18-38-33)29-9-6-20(36)12-26(29)37/h2,4-6,9,12,14-16,18-19,21-22,30H,3,7-8,10-11,13,17H2,1H3,(H,42,43)/t21-,30-/m0/s1. The number of para-hydroxylation sites is 1. The fraction of sp³-hybridized carbons (Fsp3) is 0.314. The number of anilines is 2. The predicted molar refractivity (Wildman–Crippen MR) is 179 cm³/mol. The SMILES string of the molecule is CN1CCCn2cnc3cccc(c32)-c2cc(OC3CC3)cc(n2)N[C@H]2C[C@@H](C1=O)N(c1ncnc3c1cnn3-c1ccc(F)cc1F)C2. The zero-order valence-corrected chi connectivity index (χ0v) is 26.6. The number of fused-ring (bicyclic) bond motifs is 6. The van der Waals surface area contributed by atoms with E-state index in [2.05, 4.69) is 36.0 Å². The molecule has 1 N–H and O–H groups in total. The first kappa shape index (κ1) is 29.5. The summed E-state index contributed by atoms with van der Waals surface area (Å²) >= 11 is 0. The fourth-order valence-corrected chi connectivity index (χ4v) is 7.02. The van der Waals surface area contributed by atoms with Crippen LogP contribution in [0.3, 0.4) is 0 Å². The number of nitrogens with zero attached hydrogens (tertiary/aromatic N) is 9. The van der Waals surface area contributed by atoms with Crippen LogP contribution in [-0.4, -0.2) is 83.4 Å². The lowest BCUT2D eigenvalue weighted by Crippen LogP contribution is -2.45. The van der Waals surface area contributed by atoms with E-state index in [-0.39, 0.29) is 23.7 Å². The maximum atomic E-state index is 14.8. The molecule has 1 saturated carbocycles. The van der Waals surface area contributed by atoms with E-state index in [9.17, 15) is 13.6 Å². The number of rotatable bonds is 4. The van der Waals surface area contributed by atoms with E-state index in [0.717, 1.165) is 46.9 Å². The fourth-order valence-electron chi connectivity index (χ4n) is 7.02. The number of imidazole rings is 1. The van der Waals surface area contributed by atoms with Crippen LogP contribution in [0.4, 0.5) is 20.4 Å². The molecule has 9 rings (SSSR count). The van der Waals surface area contributed by atoms with E-state index in [1.165, 1.54) is 23.1 Å². The molecule has 49 heavy (non-hydrogen) atoms. The lowest BCUT2D eigenvalue weighted by molar-refractivity contribution is -0.131. The van der Waals surface area contributed by atoms with Crippen LogP contribution in [0.15, 0.2) is 67.4 Å². The largest absolute Gasteiger partial charge is 0.490 e. The van der Waals surface area contributed by atoms with Gasteiger partial charge in [-0.1, -0.05) is 12.1 Å². The molecule has 0 unspecified atom stereocenters. The summed E-state index contributed by atoms with van der Waals surface area (Å²) in [6.45, 7) is 1.63. The van der Waals surface area contributed by atoms with Crippen LogP contribution in [0.2, 0.25) is 0 Å². The molecule has 2 fully saturated rings. The third-order valence-corrected chi connectivity index (χ3v) is 9.50. The average molecular weight is 663 g/mol. The Bertz CT molecular complexity index is 2250. The molecule has 2 aliphatic heterocycles. The minimum atomic E-state index is -0.766. The number of nitrogens with one attached hydrogen (secondary N) is 1.